The van der Waals surface area contributed by atoms with Gasteiger partial charge in [0.15, 0.2) is 0 Å². The third kappa shape index (κ3) is 7.43. The van der Waals surface area contributed by atoms with E-state index in [9.17, 15) is 13.2 Å². The van der Waals surface area contributed by atoms with E-state index in [-0.39, 0.29) is 13.0 Å². The van der Waals surface area contributed by atoms with Crippen molar-refractivity contribution >= 4 is 16.2 Å². The van der Waals surface area contributed by atoms with Crippen LogP contribution in [0, 0.1) is 0 Å². The molecule has 0 saturated heterocycles. The van der Waals surface area contributed by atoms with Crippen LogP contribution in [0.25, 0.3) is 0 Å². The molecule has 0 unspecified atom stereocenters. The molecule has 0 aliphatic carbocycles. The molecule has 0 saturated carbocycles. The van der Waals surface area contributed by atoms with Gasteiger partial charge in [-0.1, -0.05) is 30.3 Å². The van der Waals surface area contributed by atoms with E-state index >= 15 is 0 Å². The Bertz CT molecular complexity index is 500. The molecule has 0 spiro atoms. The maximum absolute atomic E-state index is 11.4. The SMILES string of the molecule is C[C@@H](CCS(=O)(=O)O)NC(=O)OCc1ccccc1. The highest BCUT2D eigenvalue weighted by Gasteiger charge is 2.12. The van der Waals surface area contributed by atoms with E-state index in [1.165, 1.54) is 0 Å². The Kier molecular flexibility index (Phi) is 5.78. The Morgan fingerprint density at radius 2 is 2.00 bits per heavy atom. The Balaban J connectivity index is 2.27. The van der Waals surface area contributed by atoms with Crippen molar-refractivity contribution < 1.29 is 22.5 Å². The fourth-order valence-electron chi connectivity index (χ4n) is 1.36. The first-order chi connectivity index (χ1) is 8.87. The lowest BCUT2D eigenvalue weighted by atomic mass is 10.2. The van der Waals surface area contributed by atoms with Gasteiger partial charge in [0.1, 0.15) is 6.61 Å². The van der Waals surface area contributed by atoms with Crippen LogP contribution in [0.4, 0.5) is 4.79 Å². The molecule has 1 aromatic rings. The quantitative estimate of drug-likeness (QED) is 0.775. The van der Waals surface area contributed by atoms with Gasteiger partial charge in [0.05, 0.1) is 5.75 Å². The van der Waals surface area contributed by atoms with Crippen LogP contribution in [0.1, 0.15) is 18.9 Å². The summed E-state index contributed by atoms with van der Waals surface area (Å²) in [6, 6.07) is 8.80. The van der Waals surface area contributed by atoms with Crippen LogP contribution in [-0.2, 0) is 21.5 Å². The van der Waals surface area contributed by atoms with E-state index in [1.54, 1.807) is 6.92 Å². The zero-order valence-electron chi connectivity index (χ0n) is 10.6. The van der Waals surface area contributed by atoms with Gasteiger partial charge in [0, 0.05) is 6.04 Å². The highest BCUT2D eigenvalue weighted by Crippen LogP contribution is 2.01. The molecule has 0 aliphatic rings. The number of carbonyl (C=O) groups excluding carboxylic acids is 1. The van der Waals surface area contributed by atoms with Gasteiger partial charge in [-0.05, 0) is 18.9 Å². The molecule has 1 rings (SSSR count). The highest BCUT2D eigenvalue weighted by molar-refractivity contribution is 7.85. The predicted molar refractivity (Wildman–Crippen MR) is 70.3 cm³/mol. The van der Waals surface area contributed by atoms with E-state index in [2.05, 4.69) is 5.32 Å². The summed E-state index contributed by atoms with van der Waals surface area (Å²) in [6.45, 7) is 1.78. The van der Waals surface area contributed by atoms with Crippen LogP contribution in [0.5, 0.6) is 0 Å². The molecule has 2 N–H and O–H groups in total. The van der Waals surface area contributed by atoms with E-state index < -0.39 is 28.0 Å². The van der Waals surface area contributed by atoms with Crippen molar-refractivity contribution in [3.05, 3.63) is 35.9 Å². The molecule has 1 aromatic carbocycles. The molecule has 7 heteroatoms. The summed E-state index contributed by atoms with van der Waals surface area (Å²) in [7, 11) is -4.00. The van der Waals surface area contributed by atoms with Crippen molar-refractivity contribution in [2.75, 3.05) is 5.75 Å². The number of benzene rings is 1. The van der Waals surface area contributed by atoms with Crippen LogP contribution < -0.4 is 5.32 Å². The molecule has 0 bridgehead atoms. The standard InChI is InChI=1S/C12H17NO5S/c1-10(7-8-19(15,16)17)13-12(14)18-9-11-5-3-2-4-6-11/h2-6,10H,7-9H2,1H3,(H,13,14)(H,15,16,17)/t10-/m0/s1. The third-order valence-electron chi connectivity index (χ3n) is 2.39. The Hall–Kier alpha value is -1.60. The highest BCUT2D eigenvalue weighted by atomic mass is 32.2. The lowest BCUT2D eigenvalue weighted by Crippen LogP contribution is -2.34. The van der Waals surface area contributed by atoms with Crippen LogP contribution in [0.15, 0.2) is 30.3 Å². The van der Waals surface area contributed by atoms with Crippen molar-refractivity contribution in [3.8, 4) is 0 Å². The summed E-state index contributed by atoms with van der Waals surface area (Å²) >= 11 is 0. The number of amides is 1. The Morgan fingerprint density at radius 3 is 2.58 bits per heavy atom. The molecule has 0 radical (unpaired) electrons. The third-order valence-corrected chi connectivity index (χ3v) is 3.14. The molecule has 0 fully saturated rings. The van der Waals surface area contributed by atoms with Gasteiger partial charge in [-0.25, -0.2) is 4.79 Å². The van der Waals surface area contributed by atoms with Gasteiger partial charge in [0.25, 0.3) is 10.1 Å². The van der Waals surface area contributed by atoms with Gasteiger partial charge in [-0.3, -0.25) is 4.55 Å². The zero-order valence-corrected chi connectivity index (χ0v) is 11.4. The Labute approximate surface area is 112 Å². The molecule has 0 aliphatic heterocycles. The fourth-order valence-corrected chi connectivity index (χ4v) is 2.02. The van der Waals surface area contributed by atoms with Gasteiger partial charge < -0.3 is 10.1 Å². The van der Waals surface area contributed by atoms with Gasteiger partial charge in [-0.15, -0.1) is 0 Å². The van der Waals surface area contributed by atoms with E-state index in [1.807, 2.05) is 30.3 Å². The monoisotopic (exact) mass is 287 g/mol. The summed E-state index contributed by atoms with van der Waals surface area (Å²) in [5.74, 6) is -0.396. The summed E-state index contributed by atoms with van der Waals surface area (Å²) in [5.41, 5.74) is 0.864. The Morgan fingerprint density at radius 1 is 1.37 bits per heavy atom. The second-order valence-corrected chi connectivity index (χ2v) is 5.75. The average Bonchev–Trinajstić information content (AvgIpc) is 2.34. The van der Waals surface area contributed by atoms with E-state index in [0.717, 1.165) is 5.56 Å². The number of hydrogen-bond donors (Lipinski definition) is 2. The molecule has 106 valence electrons. The van der Waals surface area contributed by atoms with Gasteiger partial charge in [0.2, 0.25) is 0 Å². The minimum Gasteiger partial charge on any atom is -0.445 e. The maximum atomic E-state index is 11.4. The van der Waals surface area contributed by atoms with Crippen molar-refractivity contribution in [3.63, 3.8) is 0 Å². The topological polar surface area (TPSA) is 92.7 Å². The van der Waals surface area contributed by atoms with Crippen molar-refractivity contribution in [1.82, 2.24) is 5.32 Å². The van der Waals surface area contributed by atoms with Crippen LogP contribution >= 0.6 is 0 Å². The van der Waals surface area contributed by atoms with Gasteiger partial charge >= 0.3 is 6.09 Å². The zero-order chi connectivity index (χ0) is 14.3. The normalized spacial score (nSPS) is 12.7. The molecular formula is C12H17NO5S. The number of carbonyl (C=O) groups is 1. The summed E-state index contributed by atoms with van der Waals surface area (Å²) in [6.07, 6.45) is -0.495. The van der Waals surface area contributed by atoms with Crippen LogP contribution in [-0.4, -0.2) is 30.9 Å². The first kappa shape index (κ1) is 15.5. The van der Waals surface area contributed by atoms with Crippen molar-refractivity contribution in [1.29, 1.82) is 0 Å². The number of rotatable bonds is 6. The van der Waals surface area contributed by atoms with Crippen LogP contribution in [0.3, 0.4) is 0 Å². The molecular weight excluding hydrogens is 270 g/mol. The summed E-state index contributed by atoms with van der Waals surface area (Å²) in [5, 5.41) is 2.49. The second-order valence-electron chi connectivity index (χ2n) is 4.18. The molecule has 19 heavy (non-hydrogen) atoms. The lowest BCUT2D eigenvalue weighted by Gasteiger charge is -2.13. The predicted octanol–water partition coefficient (Wildman–Crippen LogP) is 1.58. The average molecular weight is 287 g/mol. The van der Waals surface area contributed by atoms with E-state index in [0.29, 0.717) is 0 Å². The molecule has 1 atom stereocenters. The number of ether oxygens (including phenoxy) is 1. The van der Waals surface area contributed by atoms with Crippen molar-refractivity contribution in [2.45, 2.75) is 26.0 Å². The maximum Gasteiger partial charge on any atom is 0.407 e. The fraction of sp³-hybridized carbons (Fsp3) is 0.417. The van der Waals surface area contributed by atoms with Crippen LogP contribution in [0.2, 0.25) is 0 Å². The lowest BCUT2D eigenvalue weighted by molar-refractivity contribution is 0.136. The van der Waals surface area contributed by atoms with E-state index in [4.69, 9.17) is 9.29 Å². The first-order valence-corrected chi connectivity index (χ1v) is 7.40. The smallest absolute Gasteiger partial charge is 0.407 e. The number of hydrogen-bond acceptors (Lipinski definition) is 4. The summed E-state index contributed by atoms with van der Waals surface area (Å²) < 4.78 is 34.6. The van der Waals surface area contributed by atoms with Crippen molar-refractivity contribution in [2.24, 2.45) is 0 Å². The second kappa shape index (κ2) is 7.10. The molecule has 0 aromatic heterocycles. The number of alkyl carbamates (subject to hydrolysis) is 1. The molecule has 0 heterocycles. The minimum atomic E-state index is -4.00. The molecule has 1 amide bonds. The number of nitrogens with one attached hydrogen (secondary N) is 1. The molecule has 6 nitrogen and oxygen atoms in total. The largest absolute Gasteiger partial charge is 0.445 e. The minimum absolute atomic E-state index is 0.124. The van der Waals surface area contributed by atoms with Gasteiger partial charge in [-0.2, -0.15) is 8.42 Å². The summed E-state index contributed by atoms with van der Waals surface area (Å²) in [4.78, 5) is 11.4. The first-order valence-electron chi connectivity index (χ1n) is 5.79.